The van der Waals surface area contributed by atoms with Crippen LogP contribution in [0.25, 0.3) is 0 Å². The van der Waals surface area contributed by atoms with Gasteiger partial charge in [-0.15, -0.1) is 0 Å². The number of anilines is 1. The summed E-state index contributed by atoms with van der Waals surface area (Å²) in [6.45, 7) is 3.93. The number of amides is 1. The Hall–Kier alpha value is -0.580. The van der Waals surface area contributed by atoms with Crippen molar-refractivity contribution in [3.8, 4) is 0 Å². The Bertz CT molecular complexity index is 373. The van der Waals surface area contributed by atoms with Gasteiger partial charge in [-0.1, -0.05) is 18.2 Å². The van der Waals surface area contributed by atoms with E-state index in [-0.39, 0.29) is 11.3 Å². The quantitative estimate of drug-likeness (QED) is 0.530. The van der Waals surface area contributed by atoms with Gasteiger partial charge in [-0.2, -0.15) is 0 Å². The van der Waals surface area contributed by atoms with Crippen molar-refractivity contribution < 1.29 is 4.79 Å². The maximum absolute atomic E-state index is 11.8. The van der Waals surface area contributed by atoms with Gasteiger partial charge in [0.2, 0.25) is 5.91 Å². The van der Waals surface area contributed by atoms with Gasteiger partial charge < -0.3 is 0 Å². The van der Waals surface area contributed by atoms with Gasteiger partial charge in [-0.25, -0.2) is 0 Å². The molecule has 1 aromatic rings. The number of hydrogen-bond donors (Lipinski definition) is 0. The zero-order valence-corrected chi connectivity index (χ0v) is 9.70. The van der Waals surface area contributed by atoms with Crippen molar-refractivity contribution in [2.75, 3.05) is 3.11 Å². The molecule has 0 aliphatic carbocycles. The summed E-state index contributed by atoms with van der Waals surface area (Å²) in [5, 5.41) is 0. The number of carbonyl (C=O) groups is 1. The first kappa shape index (κ1) is 8.99. The number of hydrogen-bond acceptors (Lipinski definition) is 1. The summed E-state index contributed by atoms with van der Waals surface area (Å²) in [6, 6.07) is 7.93. The number of benzene rings is 1. The van der Waals surface area contributed by atoms with Gasteiger partial charge in [0.25, 0.3) is 0 Å². The van der Waals surface area contributed by atoms with Gasteiger partial charge in [0.1, 0.15) is 0 Å². The normalized spacial score (nSPS) is 19.0. The molecule has 0 saturated heterocycles. The van der Waals surface area contributed by atoms with Crippen LogP contribution < -0.4 is 3.11 Å². The Morgan fingerprint density at radius 3 is 2.54 bits per heavy atom. The zero-order chi connectivity index (χ0) is 9.64. The molecule has 1 aromatic carbocycles. The summed E-state index contributed by atoms with van der Waals surface area (Å²) in [5.74, 6) is 0.161. The average molecular weight is 287 g/mol. The maximum Gasteiger partial charge on any atom is 0.246 e. The van der Waals surface area contributed by atoms with E-state index in [1.807, 2.05) is 38.1 Å². The SMILES string of the molecule is CC1(C)C(=O)N(I)c2ccccc21. The van der Waals surface area contributed by atoms with Crippen LogP contribution in [0.4, 0.5) is 5.69 Å². The van der Waals surface area contributed by atoms with E-state index >= 15 is 0 Å². The molecule has 1 amide bonds. The van der Waals surface area contributed by atoms with Crippen LogP contribution >= 0.6 is 22.9 Å². The summed E-state index contributed by atoms with van der Waals surface area (Å²) in [5.41, 5.74) is 1.78. The fourth-order valence-electron chi connectivity index (χ4n) is 1.64. The molecule has 0 saturated carbocycles. The molecule has 1 aliphatic rings. The highest BCUT2D eigenvalue weighted by Crippen LogP contribution is 2.42. The highest BCUT2D eigenvalue weighted by Gasteiger charge is 2.42. The van der Waals surface area contributed by atoms with Crippen LogP contribution in [0.2, 0.25) is 0 Å². The highest BCUT2D eigenvalue weighted by molar-refractivity contribution is 14.1. The minimum absolute atomic E-state index is 0.161. The molecule has 13 heavy (non-hydrogen) atoms. The van der Waals surface area contributed by atoms with Crippen LogP contribution in [0, 0.1) is 0 Å². The number of halogens is 1. The first-order valence-electron chi connectivity index (χ1n) is 4.15. The van der Waals surface area contributed by atoms with Crippen molar-refractivity contribution >= 4 is 34.5 Å². The minimum Gasteiger partial charge on any atom is -0.273 e. The lowest BCUT2D eigenvalue weighted by Crippen LogP contribution is -2.30. The van der Waals surface area contributed by atoms with Crippen molar-refractivity contribution in [2.45, 2.75) is 19.3 Å². The van der Waals surface area contributed by atoms with Crippen molar-refractivity contribution in [3.63, 3.8) is 0 Å². The Kier molecular flexibility index (Phi) is 1.87. The van der Waals surface area contributed by atoms with Crippen LogP contribution in [-0.4, -0.2) is 5.91 Å². The third-order valence-corrected chi connectivity index (χ3v) is 3.46. The molecule has 0 atom stereocenters. The number of rotatable bonds is 0. The highest BCUT2D eigenvalue weighted by atomic mass is 127. The second kappa shape index (κ2) is 2.70. The summed E-state index contributed by atoms with van der Waals surface area (Å²) < 4.78 is 1.70. The minimum atomic E-state index is -0.363. The molecule has 1 heterocycles. The van der Waals surface area contributed by atoms with Crippen molar-refractivity contribution in [2.24, 2.45) is 0 Å². The molecule has 3 heteroatoms. The molecular weight excluding hydrogens is 277 g/mol. The van der Waals surface area contributed by atoms with E-state index in [2.05, 4.69) is 22.9 Å². The van der Waals surface area contributed by atoms with E-state index in [1.54, 1.807) is 3.11 Å². The predicted octanol–water partition coefficient (Wildman–Crippen LogP) is 2.66. The van der Waals surface area contributed by atoms with Gasteiger partial charge in [0.05, 0.1) is 34.0 Å². The van der Waals surface area contributed by atoms with Crippen LogP contribution in [-0.2, 0) is 10.2 Å². The molecule has 0 N–H and O–H groups in total. The Morgan fingerprint density at radius 1 is 1.31 bits per heavy atom. The van der Waals surface area contributed by atoms with Gasteiger partial charge in [0.15, 0.2) is 0 Å². The number of nitrogens with zero attached hydrogens (tertiary/aromatic N) is 1. The Morgan fingerprint density at radius 2 is 1.92 bits per heavy atom. The van der Waals surface area contributed by atoms with E-state index < -0.39 is 0 Å². The van der Waals surface area contributed by atoms with Gasteiger partial charge in [-0.05, 0) is 25.5 Å². The van der Waals surface area contributed by atoms with Crippen LogP contribution in [0.5, 0.6) is 0 Å². The second-order valence-corrected chi connectivity index (χ2v) is 4.69. The summed E-state index contributed by atoms with van der Waals surface area (Å²) >= 11 is 2.06. The molecule has 0 bridgehead atoms. The van der Waals surface area contributed by atoms with Gasteiger partial charge in [0, 0.05) is 0 Å². The molecule has 0 spiro atoms. The second-order valence-electron chi connectivity index (χ2n) is 3.73. The van der Waals surface area contributed by atoms with E-state index in [0.717, 1.165) is 11.3 Å². The lowest BCUT2D eigenvalue weighted by Gasteiger charge is -2.15. The molecule has 0 unspecified atom stereocenters. The third kappa shape index (κ3) is 1.10. The Balaban J connectivity index is 2.68. The number of carbonyl (C=O) groups excluding carboxylic acids is 1. The number of fused-ring (bicyclic) bond motifs is 1. The molecule has 0 aromatic heterocycles. The zero-order valence-electron chi connectivity index (χ0n) is 7.54. The van der Waals surface area contributed by atoms with Crippen molar-refractivity contribution in [3.05, 3.63) is 29.8 Å². The van der Waals surface area contributed by atoms with Crippen molar-refractivity contribution in [1.29, 1.82) is 0 Å². The first-order valence-corrected chi connectivity index (χ1v) is 5.11. The van der Waals surface area contributed by atoms with E-state index in [0.29, 0.717) is 0 Å². The van der Waals surface area contributed by atoms with E-state index in [9.17, 15) is 4.79 Å². The van der Waals surface area contributed by atoms with Gasteiger partial charge in [-0.3, -0.25) is 7.91 Å². The molecular formula is C10H10INO. The first-order chi connectivity index (χ1) is 6.05. The van der Waals surface area contributed by atoms with Crippen LogP contribution in [0.15, 0.2) is 24.3 Å². The predicted molar refractivity (Wildman–Crippen MR) is 61.0 cm³/mol. The van der Waals surface area contributed by atoms with E-state index in [4.69, 9.17) is 0 Å². The van der Waals surface area contributed by atoms with Crippen LogP contribution in [0.3, 0.4) is 0 Å². The molecule has 2 nitrogen and oxygen atoms in total. The average Bonchev–Trinajstić information content (AvgIpc) is 2.30. The summed E-state index contributed by atoms with van der Waals surface area (Å²) in [4.78, 5) is 11.8. The maximum atomic E-state index is 11.8. The smallest absolute Gasteiger partial charge is 0.246 e. The molecule has 2 rings (SSSR count). The molecule has 0 fully saturated rings. The fourth-order valence-corrected chi connectivity index (χ4v) is 2.67. The molecule has 68 valence electrons. The lowest BCUT2D eigenvalue weighted by molar-refractivity contribution is -0.120. The lowest BCUT2D eigenvalue weighted by atomic mass is 9.86. The van der Waals surface area contributed by atoms with Gasteiger partial charge >= 0.3 is 0 Å². The Labute approximate surface area is 91.4 Å². The largest absolute Gasteiger partial charge is 0.273 e. The fraction of sp³-hybridized carbons (Fsp3) is 0.300. The molecule has 1 aliphatic heterocycles. The third-order valence-electron chi connectivity index (χ3n) is 2.50. The number of para-hydroxylation sites is 1. The monoisotopic (exact) mass is 287 g/mol. The van der Waals surface area contributed by atoms with Crippen LogP contribution in [0.1, 0.15) is 19.4 Å². The van der Waals surface area contributed by atoms with Crippen molar-refractivity contribution in [1.82, 2.24) is 0 Å². The summed E-state index contributed by atoms with van der Waals surface area (Å²) in [7, 11) is 0. The molecule has 0 radical (unpaired) electrons. The van der Waals surface area contributed by atoms with E-state index in [1.165, 1.54) is 0 Å². The standard InChI is InChI=1S/C10H10INO/c1-10(2)7-5-3-4-6-8(7)12(11)9(10)13/h3-6H,1-2H3. The topological polar surface area (TPSA) is 20.3 Å². The summed E-state index contributed by atoms with van der Waals surface area (Å²) in [6.07, 6.45) is 0.